The Labute approximate surface area is 153 Å². The quantitative estimate of drug-likeness (QED) is 0.530. The van der Waals surface area contributed by atoms with Gasteiger partial charge in [0.1, 0.15) is 5.58 Å². The van der Waals surface area contributed by atoms with Gasteiger partial charge < -0.3 is 20.2 Å². The van der Waals surface area contributed by atoms with Crippen molar-refractivity contribution < 1.29 is 14.4 Å². The lowest BCUT2D eigenvalue weighted by Gasteiger charge is -2.23. The fraction of sp³-hybridized carbons (Fsp3) is 0.111. The lowest BCUT2D eigenvalue weighted by Crippen LogP contribution is -2.15. The summed E-state index contributed by atoms with van der Waals surface area (Å²) in [5.41, 5.74) is 1.86. The number of nitrogens with one attached hydrogen (secondary N) is 1. The summed E-state index contributed by atoms with van der Waals surface area (Å²) >= 11 is 5.81. The van der Waals surface area contributed by atoms with Gasteiger partial charge in [-0.1, -0.05) is 11.6 Å². The molecule has 0 radical (unpaired) electrons. The molecule has 0 unspecified atom stereocenters. The van der Waals surface area contributed by atoms with Crippen LogP contribution >= 0.6 is 11.6 Å². The second-order valence-corrected chi connectivity index (χ2v) is 6.21. The number of fused-ring (bicyclic) bond motifs is 1. The first-order chi connectivity index (χ1) is 12.3. The van der Waals surface area contributed by atoms with Gasteiger partial charge in [-0.25, -0.2) is 4.79 Å². The number of hydrogen-bond donors (Lipinski definition) is 2. The molecule has 0 aliphatic heterocycles. The molecule has 0 atom stereocenters. The van der Waals surface area contributed by atoms with Crippen molar-refractivity contribution in [3.05, 3.63) is 73.7 Å². The van der Waals surface area contributed by atoms with Crippen LogP contribution in [0.2, 0.25) is 5.02 Å². The number of rotatable bonds is 3. The maximum atomic E-state index is 12.5. The number of carbonyl (C=O) groups excluding carboxylic acids is 1. The third kappa shape index (κ3) is 3.41. The third-order valence-electron chi connectivity index (χ3n) is 3.96. The highest BCUT2D eigenvalue weighted by Gasteiger charge is 2.13. The maximum Gasteiger partial charge on any atom is 0.336 e. The van der Waals surface area contributed by atoms with Gasteiger partial charge in [0.25, 0.3) is 5.91 Å². The monoisotopic (exact) mass is 373 g/mol. The van der Waals surface area contributed by atoms with Gasteiger partial charge in [0, 0.05) is 22.7 Å². The van der Waals surface area contributed by atoms with E-state index in [1.807, 2.05) is 0 Å². The Kier molecular flexibility index (Phi) is 4.69. The second kappa shape index (κ2) is 6.80. The van der Waals surface area contributed by atoms with Crippen LogP contribution in [-0.4, -0.2) is 11.1 Å². The molecule has 26 heavy (non-hydrogen) atoms. The Morgan fingerprint density at radius 2 is 1.92 bits per heavy atom. The summed E-state index contributed by atoms with van der Waals surface area (Å²) in [7, 11) is 0. The van der Waals surface area contributed by atoms with Crippen molar-refractivity contribution in [1.29, 1.82) is 0 Å². The molecule has 0 saturated heterocycles. The molecule has 2 N–H and O–H groups in total. The summed E-state index contributed by atoms with van der Waals surface area (Å²) in [6.45, 7) is 3.54. The maximum absolute atomic E-state index is 12.5. The van der Waals surface area contributed by atoms with Crippen LogP contribution in [0.15, 0.2) is 45.6 Å². The van der Waals surface area contributed by atoms with Crippen LogP contribution in [0.25, 0.3) is 11.0 Å². The normalized spacial score (nSPS) is 10.8. The highest BCUT2D eigenvalue weighted by Crippen LogP contribution is 2.28. The fourth-order valence-electron chi connectivity index (χ4n) is 2.60. The van der Waals surface area contributed by atoms with Gasteiger partial charge in [0.15, 0.2) is 0 Å². The zero-order valence-corrected chi connectivity index (χ0v) is 14.6. The minimum Gasteiger partial charge on any atom is -0.733 e. The molecule has 1 aromatic heterocycles. The van der Waals surface area contributed by atoms with Crippen LogP contribution in [0.3, 0.4) is 0 Å². The van der Waals surface area contributed by atoms with E-state index in [4.69, 9.17) is 21.2 Å². The first-order valence-corrected chi connectivity index (χ1v) is 7.96. The van der Waals surface area contributed by atoms with Crippen LogP contribution in [0.4, 0.5) is 11.4 Å². The number of carbonyl (C=O) groups is 1. The zero-order chi connectivity index (χ0) is 19.0. The molecule has 0 fully saturated rings. The molecule has 0 saturated carbocycles. The fourth-order valence-corrected chi connectivity index (χ4v) is 2.79. The molecule has 0 aliphatic rings. The van der Waals surface area contributed by atoms with Gasteiger partial charge >= 0.3 is 5.63 Å². The Bertz CT molecular complexity index is 1080. The number of hydrogen-bond acceptors (Lipinski definition) is 6. The molecule has 1 heterocycles. The van der Waals surface area contributed by atoms with Gasteiger partial charge in [-0.2, -0.15) is 0 Å². The number of anilines is 2. The molecule has 0 spiro atoms. The first kappa shape index (κ1) is 17.9. The first-order valence-electron chi connectivity index (χ1n) is 7.58. The van der Waals surface area contributed by atoms with Crippen molar-refractivity contribution in [2.75, 3.05) is 10.5 Å². The average molecular weight is 374 g/mol. The molecule has 7 nitrogen and oxygen atoms in total. The molecule has 8 heteroatoms. The van der Waals surface area contributed by atoms with Crippen molar-refractivity contribution >= 4 is 39.9 Å². The van der Waals surface area contributed by atoms with Crippen LogP contribution in [-0.2, 0) is 0 Å². The number of benzene rings is 2. The molecule has 2 aromatic carbocycles. The van der Waals surface area contributed by atoms with Crippen molar-refractivity contribution in [2.24, 2.45) is 0 Å². The predicted octanol–water partition coefficient (Wildman–Crippen LogP) is 4.01. The van der Waals surface area contributed by atoms with E-state index in [0.29, 0.717) is 22.2 Å². The summed E-state index contributed by atoms with van der Waals surface area (Å²) < 4.78 is 5.17. The molecule has 3 aromatic rings. The van der Waals surface area contributed by atoms with Crippen LogP contribution < -0.4 is 16.2 Å². The largest absolute Gasteiger partial charge is 0.733 e. The van der Waals surface area contributed by atoms with Gasteiger partial charge in [-0.05, 0) is 55.3 Å². The number of amides is 1. The van der Waals surface area contributed by atoms with E-state index in [1.54, 1.807) is 26.0 Å². The Morgan fingerprint density at radius 3 is 2.62 bits per heavy atom. The molecule has 1 amide bonds. The standard InChI is InChI=1S/C18H14ClN2O5/c1-9-6-17(22)26-16-5-10(2)14(8-12(9)16)20-18(23)11-3-4-13(19)15(7-11)21(24)25/h3-8,24H,1-2H3,(H,20,23)/q-1. The van der Waals surface area contributed by atoms with Crippen molar-refractivity contribution in [2.45, 2.75) is 13.8 Å². The number of aryl methyl sites for hydroxylation is 2. The molecule has 0 aliphatic carbocycles. The van der Waals surface area contributed by atoms with Gasteiger partial charge in [0.05, 0.1) is 10.7 Å². The van der Waals surface area contributed by atoms with E-state index < -0.39 is 16.8 Å². The Morgan fingerprint density at radius 1 is 1.19 bits per heavy atom. The van der Waals surface area contributed by atoms with E-state index in [9.17, 15) is 14.8 Å². The average Bonchev–Trinajstić information content (AvgIpc) is 2.56. The van der Waals surface area contributed by atoms with E-state index in [-0.39, 0.29) is 16.3 Å². The van der Waals surface area contributed by atoms with Gasteiger partial charge in [-0.15, -0.1) is 0 Å². The minimum absolute atomic E-state index is 0.0200. The second-order valence-electron chi connectivity index (χ2n) is 5.80. The number of nitrogens with zero attached hydrogens (tertiary/aromatic N) is 1. The third-order valence-corrected chi connectivity index (χ3v) is 4.28. The Balaban J connectivity index is 1.98. The molecule has 134 valence electrons. The summed E-state index contributed by atoms with van der Waals surface area (Å²) in [6, 6.07) is 8.72. The van der Waals surface area contributed by atoms with Crippen molar-refractivity contribution in [3.63, 3.8) is 0 Å². The van der Waals surface area contributed by atoms with E-state index >= 15 is 0 Å². The summed E-state index contributed by atoms with van der Waals surface area (Å²) in [4.78, 5) is 24.0. The van der Waals surface area contributed by atoms with Gasteiger partial charge in [-0.3, -0.25) is 10.0 Å². The topological polar surface area (TPSA) is 106 Å². The predicted molar refractivity (Wildman–Crippen MR) is 99.0 cm³/mol. The van der Waals surface area contributed by atoms with Crippen LogP contribution in [0.1, 0.15) is 21.5 Å². The molecule has 0 bridgehead atoms. The smallest absolute Gasteiger partial charge is 0.336 e. The highest BCUT2D eigenvalue weighted by molar-refractivity contribution is 6.33. The van der Waals surface area contributed by atoms with E-state index in [2.05, 4.69) is 5.32 Å². The van der Waals surface area contributed by atoms with Crippen molar-refractivity contribution in [3.8, 4) is 0 Å². The zero-order valence-electron chi connectivity index (χ0n) is 13.9. The lowest BCUT2D eigenvalue weighted by molar-refractivity contribution is 0.102. The molecular formula is C18H14ClN2O5-. The van der Waals surface area contributed by atoms with Crippen LogP contribution in [0.5, 0.6) is 0 Å². The highest BCUT2D eigenvalue weighted by atomic mass is 35.5. The SMILES string of the molecule is Cc1cc2oc(=O)cc(C)c2cc1NC(=O)c1ccc(Cl)c(N([O-])O)c1. The molecular weight excluding hydrogens is 360 g/mol. The summed E-state index contributed by atoms with van der Waals surface area (Å²) in [5, 5.41) is 23.2. The van der Waals surface area contributed by atoms with E-state index in [1.165, 1.54) is 24.3 Å². The summed E-state index contributed by atoms with van der Waals surface area (Å²) in [5.74, 6) is -0.484. The lowest BCUT2D eigenvalue weighted by atomic mass is 10.1. The number of halogens is 1. The summed E-state index contributed by atoms with van der Waals surface area (Å²) in [6.07, 6.45) is 0. The van der Waals surface area contributed by atoms with Gasteiger partial charge in [0.2, 0.25) is 0 Å². The van der Waals surface area contributed by atoms with Crippen LogP contribution in [0, 0.1) is 19.1 Å². The van der Waals surface area contributed by atoms with Crippen molar-refractivity contribution in [1.82, 2.24) is 0 Å². The Hall–Kier alpha value is -2.87. The minimum atomic E-state index is -0.484. The van der Waals surface area contributed by atoms with E-state index in [0.717, 1.165) is 5.56 Å². The molecule has 3 rings (SSSR count).